The maximum Gasteiger partial charge on any atom is 0.227 e. The highest BCUT2D eigenvalue weighted by atomic mass is 16.3. The molecule has 3 heterocycles. The monoisotopic (exact) mass is 396 g/mol. The number of carbonyl (C=O) groups excluding carboxylic acids is 2. The van der Waals surface area contributed by atoms with Crippen LogP contribution in [-0.4, -0.2) is 47.8 Å². The number of nitrogens with zero attached hydrogens (tertiary/aromatic N) is 2. The lowest BCUT2D eigenvalue weighted by atomic mass is 9.92. The number of furan rings is 1. The summed E-state index contributed by atoms with van der Waals surface area (Å²) in [6.45, 7) is 9.51. The lowest BCUT2D eigenvalue weighted by Gasteiger charge is -2.37. The van der Waals surface area contributed by atoms with Crippen molar-refractivity contribution >= 4 is 22.8 Å². The standard InChI is InChI=1S/C24H32N2O3/c1-16-5-4-8-26(14-16)24(28)19-6-9-25(10-7-19)23(27)13-20-15-29-22-12-18(3)17(2)11-21(20)22/h11-12,15-16,19H,4-10,13-14H2,1-3H3. The van der Waals surface area contributed by atoms with Crippen LogP contribution in [0.1, 0.15) is 49.3 Å². The van der Waals surface area contributed by atoms with E-state index in [0.29, 0.717) is 31.3 Å². The molecule has 4 rings (SSSR count). The fourth-order valence-electron chi connectivity index (χ4n) is 4.77. The fraction of sp³-hybridized carbons (Fsp3) is 0.583. The number of hydrogen-bond acceptors (Lipinski definition) is 3. The normalized spacial score (nSPS) is 21.0. The Balaban J connectivity index is 1.35. The van der Waals surface area contributed by atoms with Gasteiger partial charge in [-0.2, -0.15) is 0 Å². The van der Waals surface area contributed by atoms with Gasteiger partial charge in [0.15, 0.2) is 0 Å². The number of carbonyl (C=O) groups is 2. The molecule has 1 aromatic heterocycles. The molecule has 0 N–H and O–H groups in total. The van der Waals surface area contributed by atoms with Crippen LogP contribution in [0.3, 0.4) is 0 Å². The maximum atomic E-state index is 12.9. The number of likely N-dealkylation sites (tertiary alicyclic amines) is 2. The Kier molecular flexibility index (Phi) is 5.66. The molecule has 2 aliphatic rings. The molecule has 2 amide bonds. The molecular formula is C24H32N2O3. The largest absolute Gasteiger partial charge is 0.464 e. The molecule has 1 unspecified atom stereocenters. The highest BCUT2D eigenvalue weighted by Gasteiger charge is 2.31. The van der Waals surface area contributed by atoms with E-state index in [-0.39, 0.29) is 11.8 Å². The highest BCUT2D eigenvalue weighted by molar-refractivity contribution is 5.88. The second kappa shape index (κ2) is 8.21. The molecule has 1 aromatic carbocycles. The second-order valence-corrected chi connectivity index (χ2v) is 9.06. The molecule has 0 aliphatic carbocycles. The number of amides is 2. The van der Waals surface area contributed by atoms with E-state index in [2.05, 4.69) is 31.7 Å². The molecule has 0 saturated carbocycles. The average molecular weight is 397 g/mol. The zero-order chi connectivity index (χ0) is 20.5. The van der Waals surface area contributed by atoms with E-state index in [4.69, 9.17) is 4.42 Å². The molecule has 156 valence electrons. The smallest absolute Gasteiger partial charge is 0.227 e. The van der Waals surface area contributed by atoms with Gasteiger partial charge in [0.2, 0.25) is 11.8 Å². The zero-order valence-corrected chi connectivity index (χ0v) is 17.9. The van der Waals surface area contributed by atoms with Crippen molar-refractivity contribution < 1.29 is 14.0 Å². The van der Waals surface area contributed by atoms with Crippen molar-refractivity contribution in [2.75, 3.05) is 26.2 Å². The van der Waals surface area contributed by atoms with Crippen LogP contribution in [0.15, 0.2) is 22.8 Å². The summed E-state index contributed by atoms with van der Waals surface area (Å²) in [7, 11) is 0. The summed E-state index contributed by atoms with van der Waals surface area (Å²) in [5, 5.41) is 1.03. The van der Waals surface area contributed by atoms with E-state index < -0.39 is 0 Å². The Morgan fingerprint density at radius 1 is 1.03 bits per heavy atom. The SMILES string of the molecule is Cc1cc2occ(CC(=O)N3CCC(C(=O)N4CCCC(C)C4)CC3)c2cc1C. The first kappa shape index (κ1) is 20.0. The van der Waals surface area contributed by atoms with E-state index in [1.165, 1.54) is 17.5 Å². The number of hydrogen-bond donors (Lipinski definition) is 0. The third-order valence-corrected chi connectivity index (χ3v) is 6.78. The minimum atomic E-state index is 0.0738. The second-order valence-electron chi connectivity index (χ2n) is 9.06. The van der Waals surface area contributed by atoms with E-state index in [9.17, 15) is 9.59 Å². The molecule has 2 aromatic rings. The molecule has 0 bridgehead atoms. The minimum absolute atomic E-state index is 0.0738. The van der Waals surface area contributed by atoms with Gasteiger partial charge in [0.25, 0.3) is 0 Å². The quantitative estimate of drug-likeness (QED) is 0.785. The van der Waals surface area contributed by atoms with Crippen LogP contribution < -0.4 is 0 Å². The molecule has 2 aliphatic heterocycles. The van der Waals surface area contributed by atoms with Crippen LogP contribution in [-0.2, 0) is 16.0 Å². The summed E-state index contributed by atoms with van der Waals surface area (Å²) < 4.78 is 5.68. The van der Waals surface area contributed by atoms with Gasteiger partial charge in [-0.25, -0.2) is 0 Å². The van der Waals surface area contributed by atoms with E-state index in [1.54, 1.807) is 6.26 Å². The van der Waals surface area contributed by atoms with Gasteiger partial charge in [-0.3, -0.25) is 9.59 Å². The predicted molar refractivity (Wildman–Crippen MR) is 114 cm³/mol. The van der Waals surface area contributed by atoms with Crippen LogP contribution in [0.5, 0.6) is 0 Å². The summed E-state index contributed by atoms with van der Waals surface area (Å²) in [5.74, 6) is 1.11. The average Bonchev–Trinajstić information content (AvgIpc) is 3.09. The summed E-state index contributed by atoms with van der Waals surface area (Å²) in [6, 6.07) is 4.15. The van der Waals surface area contributed by atoms with Gasteiger partial charge in [-0.15, -0.1) is 0 Å². The van der Waals surface area contributed by atoms with Crippen molar-refractivity contribution in [2.24, 2.45) is 11.8 Å². The van der Waals surface area contributed by atoms with Crippen LogP contribution in [0, 0.1) is 25.7 Å². The molecule has 0 radical (unpaired) electrons. The van der Waals surface area contributed by atoms with Crippen LogP contribution >= 0.6 is 0 Å². The van der Waals surface area contributed by atoms with Crippen molar-refractivity contribution in [3.8, 4) is 0 Å². The summed E-state index contributed by atoms with van der Waals surface area (Å²) in [5.41, 5.74) is 4.20. The molecule has 0 spiro atoms. The highest BCUT2D eigenvalue weighted by Crippen LogP contribution is 2.27. The van der Waals surface area contributed by atoms with Gasteiger partial charge in [-0.05, 0) is 68.7 Å². The first-order chi connectivity index (χ1) is 13.9. The Morgan fingerprint density at radius 2 is 1.76 bits per heavy atom. The number of benzene rings is 1. The van der Waals surface area contributed by atoms with Crippen LogP contribution in [0.4, 0.5) is 0 Å². The molecule has 29 heavy (non-hydrogen) atoms. The summed E-state index contributed by atoms with van der Waals surface area (Å²) >= 11 is 0. The molecule has 5 heteroatoms. The lowest BCUT2D eigenvalue weighted by Crippen LogP contribution is -2.47. The summed E-state index contributed by atoms with van der Waals surface area (Å²) in [6.07, 6.45) is 5.97. The Bertz CT molecular complexity index is 908. The number of fused-ring (bicyclic) bond motifs is 1. The Labute approximate surface area is 173 Å². The third-order valence-electron chi connectivity index (χ3n) is 6.78. The fourth-order valence-corrected chi connectivity index (χ4v) is 4.77. The number of aryl methyl sites for hydroxylation is 2. The van der Waals surface area contributed by atoms with Crippen LogP contribution in [0.2, 0.25) is 0 Å². The lowest BCUT2D eigenvalue weighted by molar-refractivity contribution is -0.141. The minimum Gasteiger partial charge on any atom is -0.464 e. The first-order valence-electron chi connectivity index (χ1n) is 11.0. The molecule has 2 fully saturated rings. The zero-order valence-electron chi connectivity index (χ0n) is 17.9. The van der Waals surface area contributed by atoms with E-state index in [1.807, 2.05) is 11.0 Å². The topological polar surface area (TPSA) is 53.8 Å². The molecule has 1 atom stereocenters. The van der Waals surface area contributed by atoms with Gasteiger partial charge < -0.3 is 14.2 Å². The van der Waals surface area contributed by atoms with Gasteiger partial charge in [0, 0.05) is 43.0 Å². The molecular weight excluding hydrogens is 364 g/mol. The van der Waals surface area contributed by atoms with Gasteiger partial charge in [0.05, 0.1) is 12.7 Å². The maximum absolute atomic E-state index is 12.9. The van der Waals surface area contributed by atoms with Crippen molar-refractivity contribution in [1.82, 2.24) is 9.80 Å². The van der Waals surface area contributed by atoms with Crippen molar-refractivity contribution in [3.63, 3.8) is 0 Å². The number of rotatable bonds is 3. The van der Waals surface area contributed by atoms with Crippen molar-refractivity contribution in [1.29, 1.82) is 0 Å². The number of piperidine rings is 2. The molecule has 5 nitrogen and oxygen atoms in total. The Morgan fingerprint density at radius 3 is 2.48 bits per heavy atom. The Hall–Kier alpha value is -2.30. The van der Waals surface area contributed by atoms with Crippen LogP contribution in [0.25, 0.3) is 11.0 Å². The predicted octanol–water partition coefficient (Wildman–Crippen LogP) is 4.09. The van der Waals surface area contributed by atoms with Crippen molar-refractivity contribution in [2.45, 2.75) is 52.9 Å². The molecule has 2 saturated heterocycles. The van der Waals surface area contributed by atoms with Gasteiger partial charge >= 0.3 is 0 Å². The van der Waals surface area contributed by atoms with Gasteiger partial charge in [0.1, 0.15) is 5.58 Å². The van der Waals surface area contributed by atoms with Crippen molar-refractivity contribution in [3.05, 3.63) is 35.1 Å². The van der Waals surface area contributed by atoms with E-state index in [0.717, 1.165) is 48.9 Å². The van der Waals surface area contributed by atoms with Gasteiger partial charge in [-0.1, -0.05) is 6.92 Å². The summed E-state index contributed by atoms with van der Waals surface area (Å²) in [4.78, 5) is 29.7. The first-order valence-corrected chi connectivity index (χ1v) is 11.0. The van der Waals surface area contributed by atoms with E-state index >= 15 is 0 Å². The third kappa shape index (κ3) is 4.19.